The number of thiazole rings is 1. The van der Waals surface area contributed by atoms with E-state index in [1.165, 1.54) is 16.9 Å². The summed E-state index contributed by atoms with van der Waals surface area (Å²) in [6.45, 7) is 4.13. The minimum absolute atomic E-state index is 0.221. The second kappa shape index (κ2) is 6.14. The molecule has 0 aliphatic rings. The van der Waals surface area contributed by atoms with Gasteiger partial charge in [0.2, 0.25) is 5.89 Å². The summed E-state index contributed by atoms with van der Waals surface area (Å²) in [5.41, 5.74) is 2.56. The molecule has 0 bridgehead atoms. The van der Waals surface area contributed by atoms with E-state index in [-0.39, 0.29) is 5.91 Å². The van der Waals surface area contributed by atoms with Gasteiger partial charge in [-0.2, -0.15) is 4.98 Å². The Bertz CT molecular complexity index is 1060. The summed E-state index contributed by atoms with van der Waals surface area (Å²) >= 11 is 1.46. The van der Waals surface area contributed by atoms with Crippen LogP contribution in [0.1, 0.15) is 27.8 Å². The van der Waals surface area contributed by atoms with Crippen LogP contribution >= 0.6 is 11.3 Å². The first-order valence-electron chi connectivity index (χ1n) is 7.71. The fourth-order valence-corrected chi connectivity index (χ4v) is 3.52. The van der Waals surface area contributed by atoms with Crippen molar-refractivity contribution < 1.29 is 9.32 Å². The summed E-state index contributed by atoms with van der Waals surface area (Å²) in [6, 6.07) is 9.58. The van der Waals surface area contributed by atoms with Crippen LogP contribution in [0.5, 0.6) is 0 Å². The predicted octanol–water partition coefficient (Wildman–Crippen LogP) is 3.40. The number of carbonyl (C=O) groups is 1. The third-order valence-electron chi connectivity index (χ3n) is 3.71. The van der Waals surface area contributed by atoms with Crippen molar-refractivity contribution in [2.75, 3.05) is 5.32 Å². The minimum Gasteiger partial charge on any atom is -0.340 e. The number of nitrogens with zero attached hydrogens (tertiary/aromatic N) is 4. The summed E-state index contributed by atoms with van der Waals surface area (Å²) in [5.74, 6) is 0.803. The maximum atomic E-state index is 12.6. The Hall–Kier alpha value is -3.00. The van der Waals surface area contributed by atoms with Crippen molar-refractivity contribution in [2.24, 2.45) is 0 Å². The Labute approximate surface area is 147 Å². The van der Waals surface area contributed by atoms with E-state index in [0.29, 0.717) is 29.1 Å². The van der Waals surface area contributed by atoms with Gasteiger partial charge in [-0.3, -0.25) is 10.1 Å². The van der Waals surface area contributed by atoms with Crippen LogP contribution in [0.15, 0.2) is 41.1 Å². The van der Waals surface area contributed by atoms with E-state index < -0.39 is 0 Å². The molecule has 0 radical (unpaired) electrons. The number of hydrogen-bond donors (Lipinski definition) is 1. The van der Waals surface area contributed by atoms with E-state index in [1.807, 2.05) is 31.3 Å². The van der Waals surface area contributed by atoms with Gasteiger partial charge in [0, 0.05) is 13.1 Å². The van der Waals surface area contributed by atoms with Crippen LogP contribution in [0, 0.1) is 13.8 Å². The second-order valence-electron chi connectivity index (χ2n) is 5.70. The Balaban J connectivity index is 1.55. The van der Waals surface area contributed by atoms with Crippen molar-refractivity contribution in [3.05, 3.63) is 59.5 Å². The number of aromatic nitrogens is 4. The Kier molecular flexibility index (Phi) is 3.81. The van der Waals surface area contributed by atoms with Gasteiger partial charge in [-0.25, -0.2) is 4.98 Å². The van der Waals surface area contributed by atoms with Gasteiger partial charge in [-0.1, -0.05) is 22.6 Å². The van der Waals surface area contributed by atoms with Gasteiger partial charge in [-0.05, 0) is 36.8 Å². The van der Waals surface area contributed by atoms with Crippen molar-refractivity contribution in [3.8, 4) is 0 Å². The van der Waals surface area contributed by atoms with Crippen molar-refractivity contribution >= 4 is 32.6 Å². The quantitative estimate of drug-likeness (QED) is 0.608. The molecule has 4 rings (SSSR count). The van der Waals surface area contributed by atoms with Gasteiger partial charge in [-0.15, -0.1) is 0 Å². The molecular weight excluding hydrogens is 338 g/mol. The monoisotopic (exact) mass is 353 g/mol. The number of hydrogen-bond acceptors (Lipinski definition) is 6. The van der Waals surface area contributed by atoms with Crippen molar-refractivity contribution in [1.29, 1.82) is 0 Å². The normalized spacial score (nSPS) is 11.1. The van der Waals surface area contributed by atoms with E-state index in [1.54, 1.807) is 17.6 Å². The highest BCUT2D eigenvalue weighted by molar-refractivity contribution is 7.22. The van der Waals surface area contributed by atoms with Crippen LogP contribution in [0.4, 0.5) is 5.13 Å². The molecule has 0 fully saturated rings. The summed E-state index contributed by atoms with van der Waals surface area (Å²) in [4.78, 5) is 21.2. The zero-order chi connectivity index (χ0) is 17.4. The van der Waals surface area contributed by atoms with E-state index in [2.05, 4.69) is 26.5 Å². The number of fused-ring (bicyclic) bond motifs is 1. The standard InChI is InChI=1S/C17H15N5O2S/c1-10-5-6-12-14(8-10)25-17(19-12)20-16(23)13-4-3-7-22(13)9-15-18-11(2)24-21-15/h3-8H,9H2,1-2H3,(H,19,20,23). The summed E-state index contributed by atoms with van der Waals surface area (Å²) in [5, 5.41) is 7.31. The van der Waals surface area contributed by atoms with Gasteiger partial charge in [0.1, 0.15) is 5.69 Å². The molecule has 126 valence electrons. The second-order valence-corrected chi connectivity index (χ2v) is 6.73. The van der Waals surface area contributed by atoms with Crippen LogP contribution in [0.3, 0.4) is 0 Å². The lowest BCUT2D eigenvalue weighted by Gasteiger charge is -2.06. The molecule has 0 atom stereocenters. The molecule has 1 aromatic carbocycles. The van der Waals surface area contributed by atoms with Crippen LogP contribution < -0.4 is 5.32 Å². The maximum absolute atomic E-state index is 12.6. The topological polar surface area (TPSA) is 85.8 Å². The molecule has 8 heteroatoms. The molecule has 0 aliphatic heterocycles. The summed E-state index contributed by atoms with van der Waals surface area (Å²) < 4.78 is 7.79. The molecule has 7 nitrogen and oxygen atoms in total. The van der Waals surface area contributed by atoms with Gasteiger partial charge in [0.05, 0.1) is 16.8 Å². The van der Waals surface area contributed by atoms with E-state index in [9.17, 15) is 4.79 Å². The number of carbonyl (C=O) groups excluding carboxylic acids is 1. The Morgan fingerprint density at radius 1 is 1.28 bits per heavy atom. The fraction of sp³-hybridized carbons (Fsp3) is 0.176. The van der Waals surface area contributed by atoms with Crippen molar-refractivity contribution in [1.82, 2.24) is 19.7 Å². The third kappa shape index (κ3) is 3.16. The van der Waals surface area contributed by atoms with Crippen LogP contribution in [0.25, 0.3) is 10.2 Å². The van der Waals surface area contributed by atoms with E-state index in [4.69, 9.17) is 4.52 Å². The number of aryl methyl sites for hydroxylation is 2. The Morgan fingerprint density at radius 2 is 2.16 bits per heavy atom. The Morgan fingerprint density at radius 3 is 2.96 bits per heavy atom. The van der Waals surface area contributed by atoms with E-state index >= 15 is 0 Å². The fourth-order valence-electron chi connectivity index (χ4n) is 2.56. The molecule has 25 heavy (non-hydrogen) atoms. The number of rotatable bonds is 4. The molecule has 0 aliphatic carbocycles. The van der Waals surface area contributed by atoms with Gasteiger partial charge in [0.15, 0.2) is 11.0 Å². The zero-order valence-corrected chi connectivity index (χ0v) is 14.5. The number of nitrogens with one attached hydrogen (secondary N) is 1. The number of amides is 1. The summed E-state index contributed by atoms with van der Waals surface area (Å²) in [7, 11) is 0. The lowest BCUT2D eigenvalue weighted by Crippen LogP contribution is -2.17. The highest BCUT2D eigenvalue weighted by Gasteiger charge is 2.15. The van der Waals surface area contributed by atoms with Crippen LogP contribution in [0.2, 0.25) is 0 Å². The number of benzene rings is 1. The first-order valence-corrected chi connectivity index (χ1v) is 8.53. The molecule has 4 aromatic rings. The maximum Gasteiger partial charge on any atom is 0.274 e. The smallest absolute Gasteiger partial charge is 0.274 e. The van der Waals surface area contributed by atoms with Crippen molar-refractivity contribution in [2.45, 2.75) is 20.4 Å². The lowest BCUT2D eigenvalue weighted by atomic mass is 10.2. The number of anilines is 1. The first-order chi connectivity index (χ1) is 12.1. The molecule has 1 N–H and O–H groups in total. The SMILES string of the molecule is Cc1ccc2nc(NC(=O)c3cccn3Cc3noc(C)n3)sc2c1. The average molecular weight is 353 g/mol. The van der Waals surface area contributed by atoms with E-state index in [0.717, 1.165) is 10.2 Å². The zero-order valence-electron chi connectivity index (χ0n) is 13.7. The van der Waals surface area contributed by atoms with Crippen molar-refractivity contribution in [3.63, 3.8) is 0 Å². The van der Waals surface area contributed by atoms with Crippen LogP contribution in [-0.4, -0.2) is 25.6 Å². The lowest BCUT2D eigenvalue weighted by molar-refractivity contribution is 0.101. The average Bonchev–Trinajstić information content (AvgIpc) is 3.27. The predicted molar refractivity (Wildman–Crippen MR) is 94.9 cm³/mol. The highest BCUT2D eigenvalue weighted by Crippen LogP contribution is 2.27. The molecule has 0 spiro atoms. The first kappa shape index (κ1) is 15.5. The molecule has 3 aromatic heterocycles. The highest BCUT2D eigenvalue weighted by atomic mass is 32.1. The van der Waals surface area contributed by atoms with Crippen LogP contribution in [-0.2, 0) is 6.54 Å². The van der Waals surface area contributed by atoms with Gasteiger partial charge in [0.25, 0.3) is 5.91 Å². The molecule has 0 saturated heterocycles. The largest absolute Gasteiger partial charge is 0.340 e. The molecule has 1 amide bonds. The summed E-state index contributed by atoms with van der Waals surface area (Å²) in [6.07, 6.45) is 1.81. The molecule has 3 heterocycles. The molecular formula is C17H15N5O2S. The van der Waals surface area contributed by atoms with Gasteiger partial charge < -0.3 is 9.09 Å². The third-order valence-corrected chi connectivity index (χ3v) is 4.64. The minimum atomic E-state index is -0.221. The van der Waals surface area contributed by atoms with Gasteiger partial charge >= 0.3 is 0 Å². The molecule has 0 saturated carbocycles. The molecule has 0 unspecified atom stereocenters.